The van der Waals surface area contributed by atoms with Gasteiger partial charge in [-0.1, -0.05) is 17.7 Å². The van der Waals surface area contributed by atoms with Gasteiger partial charge in [0, 0.05) is 17.0 Å². The molecule has 5 heteroatoms. The Morgan fingerprint density at radius 1 is 1.40 bits per heavy atom. The Hall–Kier alpha value is -1.81. The molecular weight excluding hydrogens is 276 g/mol. The zero-order chi connectivity index (χ0) is 14.3. The fourth-order valence-corrected chi connectivity index (χ4v) is 2.91. The number of carboxylic acid groups (broad SMARTS) is 1. The first-order chi connectivity index (χ1) is 9.58. The molecule has 0 spiro atoms. The topological polar surface area (TPSA) is 53.4 Å². The molecule has 0 bridgehead atoms. The molecule has 0 aliphatic carbocycles. The number of halogens is 1. The molecule has 1 N–H and O–H groups in total. The van der Waals surface area contributed by atoms with Crippen molar-refractivity contribution in [1.29, 1.82) is 0 Å². The Labute approximate surface area is 122 Å². The predicted octanol–water partition coefficient (Wildman–Crippen LogP) is 3.25. The summed E-state index contributed by atoms with van der Waals surface area (Å²) in [5.41, 5.74) is 1.77. The van der Waals surface area contributed by atoms with Crippen LogP contribution in [0.2, 0.25) is 5.02 Å². The second-order valence-corrected chi connectivity index (χ2v) is 5.51. The highest BCUT2D eigenvalue weighted by Gasteiger charge is 2.31. The van der Waals surface area contributed by atoms with Crippen molar-refractivity contribution in [2.45, 2.75) is 25.8 Å². The summed E-state index contributed by atoms with van der Waals surface area (Å²) < 4.78 is 0. The maximum absolute atomic E-state index is 11.3. The number of pyridine rings is 1. The van der Waals surface area contributed by atoms with Crippen LogP contribution in [0.3, 0.4) is 0 Å². The van der Waals surface area contributed by atoms with Crippen molar-refractivity contribution >= 4 is 34.3 Å². The van der Waals surface area contributed by atoms with E-state index in [0.717, 1.165) is 29.4 Å². The van der Waals surface area contributed by atoms with Crippen molar-refractivity contribution in [3.8, 4) is 0 Å². The van der Waals surface area contributed by atoms with Crippen molar-refractivity contribution < 1.29 is 9.90 Å². The van der Waals surface area contributed by atoms with E-state index in [1.165, 1.54) is 0 Å². The number of fused-ring (bicyclic) bond motifs is 1. The van der Waals surface area contributed by atoms with Crippen molar-refractivity contribution in [1.82, 2.24) is 4.98 Å². The van der Waals surface area contributed by atoms with Crippen LogP contribution in [0.15, 0.2) is 24.3 Å². The number of carbonyl (C=O) groups is 1. The van der Waals surface area contributed by atoms with Crippen molar-refractivity contribution in [2.75, 3.05) is 11.4 Å². The van der Waals surface area contributed by atoms with E-state index in [1.54, 1.807) is 0 Å². The Morgan fingerprint density at radius 2 is 2.15 bits per heavy atom. The lowest BCUT2D eigenvalue weighted by molar-refractivity contribution is -0.138. The van der Waals surface area contributed by atoms with E-state index in [2.05, 4.69) is 4.98 Å². The molecule has 0 unspecified atom stereocenters. The lowest BCUT2D eigenvalue weighted by Crippen LogP contribution is -2.36. The SMILES string of the molecule is Cc1c(Cl)ccc2ccc(N3CCC[C@H]3C(=O)O)nc12. The first-order valence-electron chi connectivity index (χ1n) is 6.63. The summed E-state index contributed by atoms with van der Waals surface area (Å²) in [6, 6.07) is 7.17. The predicted molar refractivity (Wildman–Crippen MR) is 79.5 cm³/mol. The molecule has 0 radical (unpaired) electrons. The zero-order valence-corrected chi connectivity index (χ0v) is 11.9. The van der Waals surface area contributed by atoms with Crippen LogP contribution in [0.1, 0.15) is 18.4 Å². The largest absolute Gasteiger partial charge is 0.480 e. The fourth-order valence-electron chi connectivity index (χ4n) is 2.75. The molecule has 1 aliphatic rings. The van der Waals surface area contributed by atoms with E-state index in [4.69, 9.17) is 11.6 Å². The number of hydrogen-bond donors (Lipinski definition) is 1. The second-order valence-electron chi connectivity index (χ2n) is 5.10. The molecule has 4 nitrogen and oxygen atoms in total. The van der Waals surface area contributed by atoms with Gasteiger partial charge in [-0.3, -0.25) is 0 Å². The molecule has 1 fully saturated rings. The van der Waals surface area contributed by atoms with Gasteiger partial charge in [-0.15, -0.1) is 0 Å². The number of anilines is 1. The van der Waals surface area contributed by atoms with Gasteiger partial charge in [0.05, 0.1) is 5.52 Å². The summed E-state index contributed by atoms with van der Waals surface area (Å²) in [6.07, 6.45) is 1.55. The molecule has 2 aromatic rings. The molecule has 20 heavy (non-hydrogen) atoms. The normalized spacial score (nSPS) is 18.7. The lowest BCUT2D eigenvalue weighted by Gasteiger charge is -2.23. The highest BCUT2D eigenvalue weighted by molar-refractivity contribution is 6.32. The molecule has 1 aliphatic heterocycles. The van der Waals surface area contributed by atoms with Gasteiger partial charge >= 0.3 is 5.97 Å². The van der Waals surface area contributed by atoms with Crippen LogP contribution in [0, 0.1) is 6.92 Å². The first-order valence-corrected chi connectivity index (χ1v) is 7.01. The Kier molecular flexibility index (Phi) is 3.26. The van der Waals surface area contributed by atoms with Gasteiger partial charge in [0.1, 0.15) is 11.9 Å². The van der Waals surface area contributed by atoms with E-state index < -0.39 is 12.0 Å². The molecule has 1 saturated heterocycles. The van der Waals surface area contributed by atoms with Crippen LogP contribution in [0.5, 0.6) is 0 Å². The average molecular weight is 291 g/mol. The van der Waals surface area contributed by atoms with E-state index in [9.17, 15) is 9.90 Å². The average Bonchev–Trinajstić information content (AvgIpc) is 2.92. The standard InChI is InChI=1S/C15H15ClN2O2/c1-9-11(16)6-4-10-5-7-13(17-14(9)10)18-8-2-3-12(18)15(19)20/h4-7,12H,2-3,8H2,1H3,(H,19,20)/t12-/m0/s1. The van der Waals surface area contributed by atoms with Gasteiger partial charge in [-0.25, -0.2) is 9.78 Å². The lowest BCUT2D eigenvalue weighted by atomic mass is 10.1. The van der Waals surface area contributed by atoms with Gasteiger partial charge in [-0.05, 0) is 43.5 Å². The summed E-state index contributed by atoms with van der Waals surface area (Å²) in [5.74, 6) is -0.0695. The van der Waals surface area contributed by atoms with Crippen LogP contribution in [-0.4, -0.2) is 28.6 Å². The summed E-state index contributed by atoms with van der Waals surface area (Å²) in [4.78, 5) is 17.8. The van der Waals surface area contributed by atoms with Crippen LogP contribution in [0.25, 0.3) is 10.9 Å². The third-order valence-electron chi connectivity index (χ3n) is 3.87. The molecule has 0 saturated carbocycles. The minimum Gasteiger partial charge on any atom is -0.480 e. The maximum atomic E-state index is 11.3. The van der Waals surface area contributed by atoms with Gasteiger partial charge in [0.2, 0.25) is 0 Å². The highest BCUT2D eigenvalue weighted by Crippen LogP contribution is 2.29. The fraction of sp³-hybridized carbons (Fsp3) is 0.333. The van der Waals surface area contributed by atoms with Crippen molar-refractivity contribution in [3.05, 3.63) is 34.9 Å². The molecule has 1 atom stereocenters. The minimum atomic E-state index is -0.785. The summed E-state index contributed by atoms with van der Waals surface area (Å²) >= 11 is 6.13. The molecule has 1 aromatic heterocycles. The van der Waals surface area contributed by atoms with Crippen molar-refractivity contribution in [3.63, 3.8) is 0 Å². The maximum Gasteiger partial charge on any atom is 0.326 e. The number of benzene rings is 1. The van der Waals surface area contributed by atoms with E-state index in [0.29, 0.717) is 17.3 Å². The Balaban J connectivity index is 2.08. The Bertz CT molecular complexity index is 687. The number of carboxylic acids is 1. The van der Waals surface area contributed by atoms with Gasteiger partial charge in [0.25, 0.3) is 0 Å². The smallest absolute Gasteiger partial charge is 0.326 e. The van der Waals surface area contributed by atoms with Gasteiger partial charge in [0.15, 0.2) is 0 Å². The monoisotopic (exact) mass is 290 g/mol. The Morgan fingerprint density at radius 3 is 2.90 bits per heavy atom. The number of nitrogens with zero attached hydrogens (tertiary/aromatic N) is 2. The van der Waals surface area contributed by atoms with E-state index in [-0.39, 0.29) is 0 Å². The van der Waals surface area contributed by atoms with E-state index in [1.807, 2.05) is 36.1 Å². The number of aryl methyl sites for hydroxylation is 1. The van der Waals surface area contributed by atoms with E-state index >= 15 is 0 Å². The van der Waals surface area contributed by atoms with Gasteiger partial charge in [-0.2, -0.15) is 0 Å². The molecule has 1 aromatic carbocycles. The van der Waals surface area contributed by atoms with Crippen LogP contribution in [0.4, 0.5) is 5.82 Å². The molecular formula is C15H15ClN2O2. The molecule has 104 valence electrons. The molecule has 0 amide bonds. The molecule has 2 heterocycles. The zero-order valence-electron chi connectivity index (χ0n) is 11.1. The van der Waals surface area contributed by atoms with Crippen LogP contribution in [-0.2, 0) is 4.79 Å². The quantitative estimate of drug-likeness (QED) is 0.922. The first kappa shape index (κ1) is 13.2. The second kappa shape index (κ2) is 4.94. The number of rotatable bonds is 2. The molecule has 3 rings (SSSR count). The van der Waals surface area contributed by atoms with Crippen LogP contribution < -0.4 is 4.90 Å². The summed E-state index contributed by atoms with van der Waals surface area (Å²) in [6.45, 7) is 2.66. The third kappa shape index (κ3) is 2.10. The minimum absolute atomic E-state index is 0.473. The summed E-state index contributed by atoms with van der Waals surface area (Å²) in [7, 11) is 0. The van der Waals surface area contributed by atoms with Gasteiger partial charge < -0.3 is 10.0 Å². The van der Waals surface area contributed by atoms with Crippen LogP contribution >= 0.6 is 11.6 Å². The number of aliphatic carboxylic acids is 1. The van der Waals surface area contributed by atoms with Crippen molar-refractivity contribution in [2.24, 2.45) is 0 Å². The summed E-state index contributed by atoms with van der Waals surface area (Å²) in [5, 5.41) is 11.0. The number of aromatic nitrogens is 1. The third-order valence-corrected chi connectivity index (χ3v) is 4.28. The highest BCUT2D eigenvalue weighted by atomic mass is 35.5. The number of hydrogen-bond acceptors (Lipinski definition) is 3.